The van der Waals surface area contributed by atoms with Crippen LogP contribution in [0.1, 0.15) is 19.8 Å². The Labute approximate surface area is 88.8 Å². The zero-order chi connectivity index (χ0) is 11.0. The minimum Gasteiger partial charge on any atom is -0.337 e. The van der Waals surface area contributed by atoms with E-state index in [2.05, 4.69) is 0 Å². The first-order chi connectivity index (χ1) is 7.15. The van der Waals surface area contributed by atoms with E-state index in [0.29, 0.717) is 5.57 Å². The summed E-state index contributed by atoms with van der Waals surface area (Å²) in [6, 6.07) is 0.170. The van der Waals surface area contributed by atoms with Gasteiger partial charge in [-0.25, -0.2) is 0 Å². The van der Waals surface area contributed by atoms with Crippen molar-refractivity contribution < 1.29 is 9.59 Å². The van der Waals surface area contributed by atoms with Gasteiger partial charge in [-0.15, -0.1) is 0 Å². The van der Waals surface area contributed by atoms with Gasteiger partial charge < -0.3 is 4.90 Å². The van der Waals surface area contributed by atoms with Crippen molar-refractivity contribution in [1.82, 2.24) is 9.80 Å². The van der Waals surface area contributed by atoms with Crippen LogP contribution in [-0.4, -0.2) is 35.1 Å². The Morgan fingerprint density at radius 1 is 1.53 bits per heavy atom. The second kappa shape index (κ2) is 3.53. The van der Waals surface area contributed by atoms with Crippen LogP contribution in [0.25, 0.3) is 0 Å². The van der Waals surface area contributed by atoms with Crippen LogP contribution in [0.15, 0.2) is 23.7 Å². The molecule has 2 aliphatic heterocycles. The molecule has 1 unspecified atom stereocenters. The minimum absolute atomic E-state index is 0.0327. The zero-order valence-corrected chi connectivity index (χ0v) is 8.93. The Bertz CT molecular complexity index is 371. The minimum atomic E-state index is -0.0327. The van der Waals surface area contributed by atoms with Crippen LogP contribution < -0.4 is 0 Å². The monoisotopic (exact) mass is 206 g/mol. The Kier molecular flexibility index (Phi) is 2.34. The smallest absolute Gasteiger partial charge is 0.253 e. The van der Waals surface area contributed by atoms with Gasteiger partial charge in [0.05, 0.1) is 0 Å². The van der Waals surface area contributed by atoms with Gasteiger partial charge in [0.25, 0.3) is 5.91 Å². The Balaban J connectivity index is 2.52. The molecule has 1 atom stereocenters. The molecular formula is C11H14N2O2. The lowest BCUT2D eigenvalue weighted by Crippen LogP contribution is -2.47. The molecule has 0 fully saturated rings. The average Bonchev–Trinajstić information content (AvgIpc) is 2.23. The quantitative estimate of drug-likeness (QED) is 0.598. The molecular weight excluding hydrogens is 192 g/mol. The van der Waals surface area contributed by atoms with Gasteiger partial charge in [0.15, 0.2) is 0 Å². The number of aldehydes is 1. The number of hydrogen-bond donors (Lipinski definition) is 0. The Morgan fingerprint density at radius 2 is 2.27 bits per heavy atom. The number of hydrogen-bond acceptors (Lipinski definition) is 3. The normalized spacial score (nSPS) is 25.7. The summed E-state index contributed by atoms with van der Waals surface area (Å²) in [5.41, 5.74) is 0.716. The highest BCUT2D eigenvalue weighted by atomic mass is 16.2. The van der Waals surface area contributed by atoms with Crippen LogP contribution >= 0.6 is 0 Å². The van der Waals surface area contributed by atoms with Gasteiger partial charge in [-0.3, -0.25) is 14.5 Å². The van der Waals surface area contributed by atoms with Crippen molar-refractivity contribution in [3.63, 3.8) is 0 Å². The molecule has 15 heavy (non-hydrogen) atoms. The third-order valence-corrected chi connectivity index (χ3v) is 2.94. The van der Waals surface area contributed by atoms with E-state index in [1.165, 1.54) is 6.08 Å². The number of allylic oxidation sites excluding steroid dienone is 1. The summed E-state index contributed by atoms with van der Waals surface area (Å²) in [4.78, 5) is 26.2. The van der Waals surface area contributed by atoms with Crippen molar-refractivity contribution in [2.24, 2.45) is 0 Å². The van der Waals surface area contributed by atoms with Gasteiger partial charge in [0, 0.05) is 30.9 Å². The van der Waals surface area contributed by atoms with Crippen molar-refractivity contribution in [3.05, 3.63) is 23.7 Å². The molecule has 4 heteroatoms. The highest BCUT2D eigenvalue weighted by molar-refractivity contribution is 5.91. The van der Waals surface area contributed by atoms with E-state index in [1.54, 1.807) is 11.1 Å². The topological polar surface area (TPSA) is 40.6 Å². The number of carbonyl (C=O) groups excluding carboxylic acids is 2. The molecule has 80 valence electrons. The molecule has 4 nitrogen and oxygen atoms in total. The number of fused-ring (bicyclic) bond motifs is 1. The second-order valence-electron chi connectivity index (χ2n) is 3.99. The lowest BCUT2D eigenvalue weighted by molar-refractivity contribution is -0.128. The maximum Gasteiger partial charge on any atom is 0.253 e. The van der Waals surface area contributed by atoms with Crippen LogP contribution in [-0.2, 0) is 9.59 Å². The molecule has 0 saturated carbocycles. The maximum atomic E-state index is 11.7. The highest BCUT2D eigenvalue weighted by Gasteiger charge is 2.33. The first kappa shape index (κ1) is 9.96. The summed E-state index contributed by atoms with van der Waals surface area (Å²) in [6.45, 7) is 2.01. The van der Waals surface area contributed by atoms with E-state index in [0.717, 1.165) is 24.9 Å². The van der Waals surface area contributed by atoms with Crippen molar-refractivity contribution in [2.45, 2.75) is 25.8 Å². The van der Waals surface area contributed by atoms with Gasteiger partial charge in [-0.2, -0.15) is 0 Å². The predicted molar refractivity (Wildman–Crippen MR) is 55.5 cm³/mol. The second-order valence-corrected chi connectivity index (χ2v) is 3.99. The van der Waals surface area contributed by atoms with Crippen molar-refractivity contribution in [3.8, 4) is 0 Å². The van der Waals surface area contributed by atoms with Crippen LogP contribution in [0.3, 0.4) is 0 Å². The summed E-state index contributed by atoms with van der Waals surface area (Å²) in [5, 5.41) is 0. The SMILES string of the molecule is CC1CCC(C=O)=C2N(C)C=CC(=O)N21. The Hall–Kier alpha value is -1.58. The fourth-order valence-corrected chi connectivity index (χ4v) is 2.12. The van der Waals surface area contributed by atoms with Crippen molar-refractivity contribution >= 4 is 12.2 Å². The average molecular weight is 206 g/mol. The summed E-state index contributed by atoms with van der Waals surface area (Å²) >= 11 is 0. The first-order valence-electron chi connectivity index (χ1n) is 5.07. The summed E-state index contributed by atoms with van der Waals surface area (Å²) < 4.78 is 0. The largest absolute Gasteiger partial charge is 0.337 e. The van der Waals surface area contributed by atoms with Gasteiger partial charge in [-0.05, 0) is 19.8 Å². The van der Waals surface area contributed by atoms with Crippen molar-refractivity contribution in [2.75, 3.05) is 7.05 Å². The van der Waals surface area contributed by atoms with Crippen LogP contribution in [0.2, 0.25) is 0 Å². The molecule has 0 aliphatic carbocycles. The molecule has 2 rings (SSSR count). The molecule has 0 aromatic rings. The third-order valence-electron chi connectivity index (χ3n) is 2.94. The number of nitrogens with zero attached hydrogens (tertiary/aromatic N) is 2. The van der Waals surface area contributed by atoms with E-state index in [-0.39, 0.29) is 11.9 Å². The number of carbonyl (C=O) groups is 2. The molecule has 0 bridgehead atoms. The van der Waals surface area contributed by atoms with E-state index in [1.807, 2.05) is 18.9 Å². The van der Waals surface area contributed by atoms with Crippen LogP contribution in [0.5, 0.6) is 0 Å². The molecule has 0 saturated heterocycles. The summed E-state index contributed by atoms with van der Waals surface area (Å²) in [6.07, 6.45) is 5.70. The number of amides is 1. The van der Waals surface area contributed by atoms with Crippen molar-refractivity contribution in [1.29, 1.82) is 0 Å². The summed E-state index contributed by atoms with van der Waals surface area (Å²) in [5.74, 6) is 0.714. The van der Waals surface area contributed by atoms with Gasteiger partial charge in [-0.1, -0.05) is 0 Å². The van der Waals surface area contributed by atoms with Gasteiger partial charge >= 0.3 is 0 Å². The van der Waals surface area contributed by atoms with Crippen LogP contribution in [0, 0.1) is 0 Å². The third kappa shape index (κ3) is 1.46. The van der Waals surface area contributed by atoms with E-state index in [4.69, 9.17) is 0 Å². The lowest BCUT2D eigenvalue weighted by atomic mass is 9.99. The molecule has 0 aromatic carbocycles. The fraction of sp³-hybridized carbons (Fsp3) is 0.455. The highest BCUT2D eigenvalue weighted by Crippen LogP contribution is 2.30. The molecule has 0 spiro atoms. The lowest BCUT2D eigenvalue weighted by Gasteiger charge is -2.41. The van der Waals surface area contributed by atoms with E-state index >= 15 is 0 Å². The van der Waals surface area contributed by atoms with E-state index in [9.17, 15) is 9.59 Å². The standard InChI is InChI=1S/C11H14N2O2/c1-8-3-4-9(7-14)11-12(2)6-5-10(15)13(8)11/h5-8H,3-4H2,1-2H3. The fourth-order valence-electron chi connectivity index (χ4n) is 2.12. The molecule has 1 amide bonds. The predicted octanol–water partition coefficient (Wildman–Crippen LogP) is 0.867. The zero-order valence-electron chi connectivity index (χ0n) is 8.93. The molecule has 2 heterocycles. The molecule has 0 N–H and O–H groups in total. The maximum absolute atomic E-state index is 11.7. The van der Waals surface area contributed by atoms with Gasteiger partial charge in [0.1, 0.15) is 12.1 Å². The molecule has 0 radical (unpaired) electrons. The first-order valence-corrected chi connectivity index (χ1v) is 5.07. The summed E-state index contributed by atoms with van der Waals surface area (Å²) in [7, 11) is 1.85. The van der Waals surface area contributed by atoms with E-state index < -0.39 is 0 Å². The molecule has 0 aromatic heterocycles. The van der Waals surface area contributed by atoms with Crippen LogP contribution in [0.4, 0.5) is 0 Å². The Morgan fingerprint density at radius 3 is 2.93 bits per heavy atom. The molecule has 2 aliphatic rings. The number of rotatable bonds is 1. The van der Waals surface area contributed by atoms with Gasteiger partial charge in [0.2, 0.25) is 0 Å².